The van der Waals surface area contributed by atoms with E-state index in [0.717, 1.165) is 25.3 Å². The van der Waals surface area contributed by atoms with Gasteiger partial charge in [0.1, 0.15) is 0 Å². The number of carbonyl (C=O) groups is 2. The first-order chi connectivity index (χ1) is 13.9. The predicted molar refractivity (Wildman–Crippen MR) is 99.0 cm³/mol. The van der Waals surface area contributed by atoms with Gasteiger partial charge in [-0.3, -0.25) is 9.58 Å². The zero-order valence-corrected chi connectivity index (χ0v) is 17.1. The number of urea groups is 1. The molecule has 0 aliphatic carbocycles. The van der Waals surface area contributed by atoms with E-state index in [-0.39, 0.29) is 6.03 Å². The second-order valence-electron chi connectivity index (χ2n) is 6.99. The Hall–Kier alpha value is -3.09. The molecule has 0 radical (unpaired) electrons. The van der Waals surface area contributed by atoms with Gasteiger partial charge in [-0.2, -0.15) is 18.3 Å². The van der Waals surface area contributed by atoms with Crippen molar-refractivity contribution in [3.05, 3.63) is 35.2 Å². The summed E-state index contributed by atoms with van der Waals surface area (Å²) in [7, 11) is 7.43. The van der Waals surface area contributed by atoms with Gasteiger partial charge in [-0.1, -0.05) is 0 Å². The van der Waals surface area contributed by atoms with Crippen LogP contribution in [0, 0.1) is 0 Å². The first-order valence-electron chi connectivity index (χ1n) is 8.86. The molecule has 30 heavy (non-hydrogen) atoms. The van der Waals surface area contributed by atoms with Crippen molar-refractivity contribution in [1.29, 1.82) is 0 Å². The van der Waals surface area contributed by atoms with Crippen LogP contribution in [0.25, 0.3) is 0 Å². The zero-order valence-electron chi connectivity index (χ0n) is 17.1. The van der Waals surface area contributed by atoms with Crippen LogP contribution >= 0.6 is 0 Å². The molecule has 0 spiro atoms. The third-order valence-electron chi connectivity index (χ3n) is 4.47. The number of nitrogens with one attached hydrogen (secondary N) is 1. The molecule has 13 heteroatoms. The van der Waals surface area contributed by atoms with Crippen LogP contribution in [0.5, 0.6) is 0 Å². The lowest BCUT2D eigenvalue weighted by atomic mass is 10.2. The Kier molecular flexibility index (Phi) is 7.08. The summed E-state index contributed by atoms with van der Waals surface area (Å²) in [6, 6.07) is -0.103. The number of aliphatic carboxylic acids is 1. The summed E-state index contributed by atoms with van der Waals surface area (Å²) < 4.78 is 35.7. The molecule has 166 valence electrons. The highest BCUT2D eigenvalue weighted by Gasteiger charge is 2.38. The molecule has 0 saturated heterocycles. The molecular weight excluding hydrogens is 407 g/mol. The molecule has 1 aliphatic rings. The lowest BCUT2D eigenvalue weighted by Crippen LogP contribution is -2.34. The van der Waals surface area contributed by atoms with Crippen molar-refractivity contribution in [2.24, 2.45) is 14.1 Å². The highest BCUT2D eigenvalue weighted by molar-refractivity contribution is 5.73. The lowest BCUT2D eigenvalue weighted by Gasteiger charge is -2.16. The molecule has 0 bridgehead atoms. The van der Waals surface area contributed by atoms with Gasteiger partial charge in [0, 0.05) is 59.6 Å². The first-order valence-corrected chi connectivity index (χ1v) is 8.86. The number of hydrogen-bond donors (Lipinski definition) is 2. The van der Waals surface area contributed by atoms with Gasteiger partial charge in [0.2, 0.25) is 0 Å². The van der Waals surface area contributed by atoms with Gasteiger partial charge in [-0.15, -0.1) is 0 Å². The van der Waals surface area contributed by atoms with E-state index in [2.05, 4.69) is 20.3 Å². The zero-order chi connectivity index (χ0) is 22.6. The molecule has 0 atom stereocenters. The molecule has 2 amide bonds. The number of rotatable bonds is 4. The van der Waals surface area contributed by atoms with Gasteiger partial charge in [0.25, 0.3) is 0 Å². The smallest absolute Gasteiger partial charge is 0.475 e. The summed E-state index contributed by atoms with van der Waals surface area (Å²) >= 11 is 0. The first kappa shape index (κ1) is 23.2. The second kappa shape index (κ2) is 9.15. The van der Waals surface area contributed by atoms with Crippen LogP contribution in [-0.4, -0.2) is 66.5 Å². The van der Waals surface area contributed by atoms with Crippen LogP contribution in [0.3, 0.4) is 0 Å². The fourth-order valence-corrected chi connectivity index (χ4v) is 2.87. The maximum absolute atomic E-state index is 11.7. The Morgan fingerprint density at radius 2 is 1.90 bits per heavy atom. The summed E-state index contributed by atoms with van der Waals surface area (Å²) in [4.78, 5) is 28.6. The van der Waals surface area contributed by atoms with Gasteiger partial charge in [-0.25, -0.2) is 14.6 Å². The van der Waals surface area contributed by atoms with Gasteiger partial charge in [0.05, 0.1) is 30.0 Å². The maximum atomic E-state index is 11.7. The van der Waals surface area contributed by atoms with Crippen molar-refractivity contribution in [2.45, 2.75) is 32.4 Å². The quantitative estimate of drug-likeness (QED) is 0.750. The summed E-state index contributed by atoms with van der Waals surface area (Å²) in [6.07, 6.45) is -1.36. The van der Waals surface area contributed by atoms with Crippen molar-refractivity contribution in [3.63, 3.8) is 0 Å². The largest absolute Gasteiger partial charge is 0.490 e. The third-order valence-corrected chi connectivity index (χ3v) is 4.47. The Labute approximate surface area is 170 Å². The fourth-order valence-electron chi connectivity index (χ4n) is 2.87. The van der Waals surface area contributed by atoms with Gasteiger partial charge in [-0.05, 0) is 0 Å². The van der Waals surface area contributed by atoms with Crippen molar-refractivity contribution < 1.29 is 27.9 Å². The number of imidazole rings is 1. The van der Waals surface area contributed by atoms with E-state index in [1.165, 1.54) is 21.9 Å². The van der Waals surface area contributed by atoms with E-state index in [1.807, 2.05) is 35.9 Å². The summed E-state index contributed by atoms with van der Waals surface area (Å²) in [5, 5.41) is 14.6. The molecule has 3 rings (SSSR count). The topological polar surface area (TPSA) is 109 Å². The Bertz CT molecular complexity index is 905. The van der Waals surface area contributed by atoms with E-state index >= 15 is 0 Å². The average Bonchev–Trinajstić information content (AvgIpc) is 3.31. The number of fused-ring (bicyclic) bond motifs is 1. The van der Waals surface area contributed by atoms with Crippen LogP contribution in [0.15, 0.2) is 12.5 Å². The van der Waals surface area contributed by atoms with Gasteiger partial charge >= 0.3 is 18.2 Å². The van der Waals surface area contributed by atoms with E-state index < -0.39 is 12.1 Å². The van der Waals surface area contributed by atoms with Crippen molar-refractivity contribution >= 4 is 12.0 Å². The molecule has 0 fully saturated rings. The maximum Gasteiger partial charge on any atom is 0.490 e. The molecule has 2 N–H and O–H groups in total. The molecule has 0 unspecified atom stereocenters. The summed E-state index contributed by atoms with van der Waals surface area (Å²) in [6.45, 7) is 3.03. The standard InChI is InChI=1S/C15H23N7O.C2HF3O2/c1-19(2)15(23)17-6-13-12-8-22(9-14(12)21(4)18-13)7-11-5-16-10-20(11)3;3-2(4,5)1(6)7/h5,10H,6-9H2,1-4H3,(H,17,23);(H,6,7). The van der Waals surface area contributed by atoms with Crippen LogP contribution in [-0.2, 0) is 45.1 Å². The number of halogens is 3. The molecule has 10 nitrogen and oxygen atoms in total. The van der Waals surface area contributed by atoms with E-state index in [1.54, 1.807) is 14.1 Å². The minimum Gasteiger partial charge on any atom is -0.475 e. The average molecular weight is 431 g/mol. The molecule has 1 aliphatic heterocycles. The number of aryl methyl sites for hydroxylation is 2. The minimum absolute atomic E-state index is 0.103. The van der Waals surface area contributed by atoms with Crippen molar-refractivity contribution in [1.82, 2.24) is 34.4 Å². The van der Waals surface area contributed by atoms with E-state index in [0.29, 0.717) is 6.54 Å². The van der Waals surface area contributed by atoms with Crippen molar-refractivity contribution in [2.75, 3.05) is 14.1 Å². The minimum atomic E-state index is -5.08. The molecule has 0 saturated carbocycles. The van der Waals surface area contributed by atoms with E-state index in [9.17, 15) is 18.0 Å². The summed E-state index contributed by atoms with van der Waals surface area (Å²) in [5.74, 6) is -2.76. The summed E-state index contributed by atoms with van der Waals surface area (Å²) in [5.41, 5.74) is 4.59. The van der Waals surface area contributed by atoms with Crippen LogP contribution < -0.4 is 5.32 Å². The fraction of sp³-hybridized carbons (Fsp3) is 0.529. The number of aromatic nitrogens is 4. The van der Waals surface area contributed by atoms with Crippen LogP contribution in [0.4, 0.5) is 18.0 Å². The third kappa shape index (κ3) is 5.72. The number of hydrogen-bond acceptors (Lipinski definition) is 5. The monoisotopic (exact) mass is 431 g/mol. The second-order valence-corrected chi connectivity index (χ2v) is 6.99. The molecule has 3 heterocycles. The normalized spacial score (nSPS) is 13.4. The number of carboxylic acids is 1. The molecule has 2 aromatic heterocycles. The Balaban J connectivity index is 0.000000396. The molecular formula is C17H24F3N7O3. The van der Waals surface area contributed by atoms with E-state index in [4.69, 9.17) is 9.90 Å². The Morgan fingerprint density at radius 3 is 2.40 bits per heavy atom. The Morgan fingerprint density at radius 1 is 1.27 bits per heavy atom. The number of carboxylic acid groups (broad SMARTS) is 1. The predicted octanol–water partition coefficient (Wildman–Crippen LogP) is 1.07. The highest BCUT2D eigenvalue weighted by Crippen LogP contribution is 2.26. The highest BCUT2D eigenvalue weighted by atomic mass is 19.4. The lowest BCUT2D eigenvalue weighted by molar-refractivity contribution is -0.192. The number of amides is 2. The van der Waals surface area contributed by atoms with Crippen LogP contribution in [0.1, 0.15) is 22.6 Å². The molecule has 2 aromatic rings. The van der Waals surface area contributed by atoms with Gasteiger partial charge in [0.15, 0.2) is 0 Å². The number of nitrogens with zero attached hydrogens (tertiary/aromatic N) is 6. The van der Waals surface area contributed by atoms with Crippen LogP contribution in [0.2, 0.25) is 0 Å². The van der Waals surface area contributed by atoms with Crippen molar-refractivity contribution in [3.8, 4) is 0 Å². The molecule has 0 aromatic carbocycles. The number of carbonyl (C=O) groups excluding carboxylic acids is 1. The number of alkyl halides is 3. The van der Waals surface area contributed by atoms with Gasteiger partial charge < -0.3 is 19.9 Å². The SMILES string of the molecule is CN(C)C(=O)NCc1nn(C)c2c1CN(Cc1cncn1C)C2.O=C(O)C(F)(F)F.